The van der Waals surface area contributed by atoms with Crippen molar-refractivity contribution in [3.05, 3.63) is 83.3 Å². The molecule has 10 heteroatoms. The van der Waals surface area contributed by atoms with Crippen LogP contribution in [-0.2, 0) is 7.05 Å². The highest BCUT2D eigenvalue weighted by Crippen LogP contribution is 2.21. The van der Waals surface area contributed by atoms with Crippen molar-refractivity contribution in [1.82, 2.24) is 29.5 Å². The van der Waals surface area contributed by atoms with E-state index in [-0.39, 0.29) is 11.3 Å². The Hall–Kier alpha value is -4.34. The fraction of sp³-hybridized carbons (Fsp3) is 0.0526. The summed E-state index contributed by atoms with van der Waals surface area (Å²) < 4.78 is 8.49. The highest BCUT2D eigenvalue weighted by molar-refractivity contribution is 6.02. The van der Waals surface area contributed by atoms with Crippen molar-refractivity contribution in [3.8, 4) is 17.4 Å². The van der Waals surface area contributed by atoms with Gasteiger partial charge in [0.25, 0.3) is 11.5 Å². The first-order valence-electron chi connectivity index (χ1n) is 8.54. The topological polar surface area (TPSA) is 117 Å². The van der Waals surface area contributed by atoms with Crippen LogP contribution in [-0.4, -0.2) is 35.4 Å². The highest BCUT2D eigenvalue weighted by Gasteiger charge is 2.09. The minimum atomic E-state index is -0.421. The van der Waals surface area contributed by atoms with Gasteiger partial charge in [0.05, 0.1) is 0 Å². The molecular weight excluding hydrogens is 374 g/mol. The lowest BCUT2D eigenvalue weighted by molar-refractivity contribution is 0.102. The van der Waals surface area contributed by atoms with Crippen molar-refractivity contribution in [1.29, 1.82) is 0 Å². The van der Waals surface area contributed by atoms with E-state index in [2.05, 4.69) is 25.6 Å². The summed E-state index contributed by atoms with van der Waals surface area (Å²) in [4.78, 5) is 27.6. The molecule has 10 nitrogen and oxygen atoms in total. The fourth-order valence-corrected chi connectivity index (χ4v) is 2.45. The molecule has 1 aromatic carbocycles. The van der Waals surface area contributed by atoms with Crippen molar-refractivity contribution in [3.63, 3.8) is 0 Å². The highest BCUT2D eigenvalue weighted by atomic mass is 16.5. The number of benzene rings is 1. The first-order chi connectivity index (χ1) is 14.1. The van der Waals surface area contributed by atoms with E-state index in [1.54, 1.807) is 59.7 Å². The molecule has 1 amide bonds. The van der Waals surface area contributed by atoms with Crippen LogP contribution in [0.25, 0.3) is 5.82 Å². The molecule has 3 heterocycles. The van der Waals surface area contributed by atoms with Crippen LogP contribution in [0, 0.1) is 0 Å². The van der Waals surface area contributed by atoms with Crippen molar-refractivity contribution < 1.29 is 9.53 Å². The maximum atomic E-state index is 12.2. The number of nitrogens with one attached hydrogen (secondary N) is 1. The summed E-state index contributed by atoms with van der Waals surface area (Å²) in [5, 5.41) is 14.7. The number of aromatic nitrogens is 6. The van der Waals surface area contributed by atoms with Gasteiger partial charge in [-0.1, -0.05) is 0 Å². The summed E-state index contributed by atoms with van der Waals surface area (Å²) in [6, 6.07) is 12.9. The Morgan fingerprint density at radius 1 is 1.03 bits per heavy atom. The minimum absolute atomic E-state index is 0.140. The molecule has 0 aliphatic rings. The van der Waals surface area contributed by atoms with Crippen molar-refractivity contribution in [2.24, 2.45) is 7.05 Å². The lowest BCUT2D eigenvalue weighted by atomic mass is 10.3. The number of hydrogen-bond acceptors (Lipinski definition) is 7. The molecule has 0 unspecified atom stereocenters. The molecule has 0 saturated carbocycles. The summed E-state index contributed by atoms with van der Waals surface area (Å²) in [5.41, 5.74) is 0.407. The van der Waals surface area contributed by atoms with Gasteiger partial charge in [0.15, 0.2) is 5.82 Å². The van der Waals surface area contributed by atoms with Crippen LogP contribution < -0.4 is 15.6 Å². The quantitative estimate of drug-likeness (QED) is 0.553. The zero-order valence-corrected chi connectivity index (χ0v) is 15.3. The van der Waals surface area contributed by atoms with E-state index in [0.29, 0.717) is 23.1 Å². The van der Waals surface area contributed by atoms with Gasteiger partial charge in [-0.05, 0) is 36.4 Å². The van der Waals surface area contributed by atoms with E-state index in [9.17, 15) is 9.59 Å². The average Bonchev–Trinajstić information content (AvgIpc) is 3.27. The summed E-state index contributed by atoms with van der Waals surface area (Å²) >= 11 is 0. The van der Waals surface area contributed by atoms with Gasteiger partial charge in [-0.25, -0.2) is 9.67 Å². The summed E-state index contributed by atoms with van der Waals surface area (Å²) in [7, 11) is 1.48. The van der Waals surface area contributed by atoms with Gasteiger partial charge in [0.2, 0.25) is 5.88 Å². The number of carbonyl (C=O) groups is 1. The number of amides is 1. The maximum absolute atomic E-state index is 12.2. The van der Waals surface area contributed by atoms with E-state index in [1.165, 1.54) is 19.2 Å². The Labute approximate surface area is 164 Å². The van der Waals surface area contributed by atoms with E-state index < -0.39 is 5.91 Å². The Kier molecular flexibility index (Phi) is 4.81. The number of hydrogen-bond donors (Lipinski definition) is 1. The molecule has 0 radical (unpaired) electrons. The lowest BCUT2D eigenvalue weighted by Gasteiger charge is -2.08. The van der Waals surface area contributed by atoms with Crippen molar-refractivity contribution in [2.45, 2.75) is 0 Å². The molecular formula is C19H15N7O3. The van der Waals surface area contributed by atoms with E-state index in [0.717, 1.165) is 4.68 Å². The monoisotopic (exact) mass is 389 g/mol. The summed E-state index contributed by atoms with van der Waals surface area (Å²) in [6.45, 7) is 0. The van der Waals surface area contributed by atoms with Crippen LogP contribution in [0.5, 0.6) is 11.6 Å². The second-order valence-corrected chi connectivity index (χ2v) is 5.96. The predicted octanol–water partition coefficient (Wildman–Crippen LogP) is 1.80. The number of carbonyl (C=O) groups excluding carboxylic acids is 1. The third-order valence-electron chi connectivity index (χ3n) is 3.92. The molecule has 0 aliphatic carbocycles. The molecule has 144 valence electrons. The van der Waals surface area contributed by atoms with Gasteiger partial charge in [0.1, 0.15) is 17.8 Å². The van der Waals surface area contributed by atoms with Crippen LogP contribution in [0.4, 0.5) is 5.69 Å². The van der Waals surface area contributed by atoms with E-state index in [1.807, 2.05) is 0 Å². The standard InChI is InChI=1S/C19H15N7O3/c1-25-18(27)9-6-15(24-25)19(28)21-13-2-4-14(5-3-13)29-17-8-7-16(22-23-17)26-11-10-20-12-26/h2-12H,1H3,(H,21,28). The van der Waals surface area contributed by atoms with E-state index in [4.69, 9.17) is 4.74 Å². The Bertz CT molecular complexity index is 1180. The predicted molar refractivity (Wildman–Crippen MR) is 103 cm³/mol. The summed E-state index contributed by atoms with van der Waals surface area (Å²) in [6.07, 6.45) is 5.05. The SMILES string of the molecule is Cn1nc(C(=O)Nc2ccc(Oc3ccc(-n4ccnc4)nn3)cc2)ccc1=O. The zero-order chi connectivity index (χ0) is 20.2. The normalized spacial score (nSPS) is 10.5. The largest absolute Gasteiger partial charge is 0.438 e. The summed E-state index contributed by atoms with van der Waals surface area (Å²) in [5.74, 6) is 1.07. The first-order valence-corrected chi connectivity index (χ1v) is 8.54. The average molecular weight is 389 g/mol. The molecule has 29 heavy (non-hydrogen) atoms. The molecule has 4 rings (SSSR count). The number of anilines is 1. The van der Waals surface area contributed by atoms with Crippen LogP contribution in [0.15, 0.2) is 72.0 Å². The van der Waals surface area contributed by atoms with Gasteiger partial charge < -0.3 is 10.1 Å². The molecule has 0 atom stereocenters. The molecule has 3 aromatic heterocycles. The van der Waals surface area contributed by atoms with E-state index >= 15 is 0 Å². The Morgan fingerprint density at radius 2 is 1.86 bits per heavy atom. The molecule has 0 aliphatic heterocycles. The number of aryl methyl sites for hydroxylation is 1. The number of ether oxygens (including phenoxy) is 1. The Morgan fingerprint density at radius 3 is 2.52 bits per heavy atom. The smallest absolute Gasteiger partial charge is 0.276 e. The third-order valence-corrected chi connectivity index (χ3v) is 3.92. The van der Waals surface area contributed by atoms with Gasteiger partial charge in [-0.2, -0.15) is 5.10 Å². The van der Waals surface area contributed by atoms with Crippen LogP contribution in [0.2, 0.25) is 0 Å². The van der Waals surface area contributed by atoms with Gasteiger partial charge in [0, 0.05) is 37.3 Å². The van der Waals surface area contributed by atoms with Crippen molar-refractivity contribution >= 4 is 11.6 Å². The number of nitrogens with zero attached hydrogens (tertiary/aromatic N) is 6. The van der Waals surface area contributed by atoms with Crippen molar-refractivity contribution in [2.75, 3.05) is 5.32 Å². The van der Waals surface area contributed by atoms with Crippen LogP contribution in [0.3, 0.4) is 0 Å². The molecule has 0 bridgehead atoms. The van der Waals surface area contributed by atoms with Crippen LogP contribution in [0.1, 0.15) is 10.5 Å². The van der Waals surface area contributed by atoms with Gasteiger partial charge >= 0.3 is 0 Å². The first kappa shape index (κ1) is 18.0. The number of rotatable bonds is 5. The molecule has 0 spiro atoms. The second kappa shape index (κ2) is 7.72. The molecule has 4 aromatic rings. The maximum Gasteiger partial charge on any atom is 0.276 e. The Balaban J connectivity index is 1.40. The molecule has 0 fully saturated rings. The number of imidazole rings is 1. The fourth-order valence-electron chi connectivity index (χ4n) is 2.45. The zero-order valence-electron chi connectivity index (χ0n) is 15.3. The van der Waals surface area contributed by atoms with Gasteiger partial charge in [-0.15, -0.1) is 10.2 Å². The third kappa shape index (κ3) is 4.16. The molecule has 1 N–H and O–H groups in total. The molecule has 0 saturated heterocycles. The van der Waals surface area contributed by atoms with Gasteiger partial charge in [-0.3, -0.25) is 14.2 Å². The van der Waals surface area contributed by atoms with Crippen LogP contribution >= 0.6 is 0 Å². The minimum Gasteiger partial charge on any atom is -0.438 e. The lowest BCUT2D eigenvalue weighted by Crippen LogP contribution is -2.23. The second-order valence-electron chi connectivity index (χ2n) is 5.96.